The molecule has 4 rings (SSSR count). The summed E-state index contributed by atoms with van der Waals surface area (Å²) in [4.78, 5) is 10.9. The molecule has 0 amide bonds. The van der Waals surface area contributed by atoms with E-state index in [1.54, 1.807) is 20.3 Å². The van der Waals surface area contributed by atoms with Gasteiger partial charge in [-0.05, 0) is 68.7 Å². The van der Waals surface area contributed by atoms with Gasteiger partial charge in [0.2, 0.25) is 0 Å². The van der Waals surface area contributed by atoms with Crippen molar-refractivity contribution < 1.29 is 23.9 Å². The molecule has 1 N–H and O–H groups in total. The first-order valence-corrected chi connectivity index (χ1v) is 12.0. The molecule has 0 fully saturated rings. The van der Waals surface area contributed by atoms with E-state index in [2.05, 4.69) is 38.2 Å². The predicted octanol–water partition coefficient (Wildman–Crippen LogP) is 6.75. The maximum Gasteiger partial charge on any atom is 0.273 e. The first-order valence-electron chi connectivity index (χ1n) is 12.0. The number of rotatable bonds is 9. The molecule has 194 valence electrons. The summed E-state index contributed by atoms with van der Waals surface area (Å²) in [6.45, 7) is 8.55. The van der Waals surface area contributed by atoms with Crippen LogP contribution in [0.15, 0.2) is 54.6 Å². The normalized spacial score (nSPS) is 13.7. The number of allylic oxidation sites excluding steroid dienone is 1. The number of fused-ring (bicyclic) bond motifs is 1. The molecule has 3 aromatic carbocycles. The van der Waals surface area contributed by atoms with Gasteiger partial charge in [-0.25, -0.2) is 0 Å². The van der Waals surface area contributed by atoms with Gasteiger partial charge in [-0.15, -0.1) is 0 Å². The van der Waals surface area contributed by atoms with E-state index in [1.165, 1.54) is 12.1 Å². The molecule has 37 heavy (non-hydrogen) atoms. The largest absolute Gasteiger partial charge is 0.496 e. The molecule has 1 aliphatic heterocycles. The summed E-state index contributed by atoms with van der Waals surface area (Å²) in [6, 6.07) is 14.4. The number of non-ortho nitro benzene ring substituents is 1. The number of hydrogen-bond donors (Lipinski definition) is 1. The number of methoxy groups -OCH3 is 2. The first kappa shape index (κ1) is 26.0. The summed E-state index contributed by atoms with van der Waals surface area (Å²) in [5, 5.41) is 14.9. The standard InChI is InChI=1S/C29H32N2O6/c1-18-7-8-20(31(32)33)13-26(18)36-16-24-22(11-12-25-28(24)19(2)15-29(3,4)30-25)23-10-9-21(37-17-34-5)14-27(23)35-6/h7-15,30H,16-17H2,1-6H3. The molecule has 1 aliphatic rings. The van der Waals surface area contributed by atoms with Crippen molar-refractivity contribution in [2.45, 2.75) is 39.8 Å². The van der Waals surface area contributed by atoms with Crippen LogP contribution in [-0.4, -0.2) is 31.5 Å². The molecule has 0 saturated carbocycles. The van der Waals surface area contributed by atoms with Gasteiger partial charge < -0.3 is 24.3 Å². The van der Waals surface area contributed by atoms with Crippen LogP contribution in [0.3, 0.4) is 0 Å². The molecule has 3 aromatic rings. The topological polar surface area (TPSA) is 92.1 Å². The highest BCUT2D eigenvalue weighted by Crippen LogP contribution is 2.43. The Bertz CT molecular complexity index is 1360. The van der Waals surface area contributed by atoms with Gasteiger partial charge in [0.1, 0.15) is 23.9 Å². The van der Waals surface area contributed by atoms with Crippen molar-refractivity contribution in [2.75, 3.05) is 26.3 Å². The highest BCUT2D eigenvalue weighted by Gasteiger charge is 2.27. The van der Waals surface area contributed by atoms with E-state index in [4.69, 9.17) is 18.9 Å². The number of anilines is 1. The average Bonchev–Trinajstić information content (AvgIpc) is 2.85. The molecule has 8 heteroatoms. The Balaban J connectivity index is 1.83. The molecular formula is C29H32N2O6. The zero-order valence-electron chi connectivity index (χ0n) is 22.0. The molecule has 0 saturated heterocycles. The Morgan fingerprint density at radius 3 is 2.41 bits per heavy atom. The number of ether oxygens (including phenoxy) is 4. The lowest BCUT2D eigenvalue weighted by Gasteiger charge is -2.33. The molecule has 1 heterocycles. The van der Waals surface area contributed by atoms with Gasteiger partial charge in [0.05, 0.1) is 23.6 Å². The predicted molar refractivity (Wildman–Crippen MR) is 144 cm³/mol. The molecular weight excluding hydrogens is 472 g/mol. The molecule has 0 aliphatic carbocycles. The Morgan fingerprint density at radius 1 is 0.946 bits per heavy atom. The fraction of sp³-hybridized carbons (Fsp3) is 0.310. The smallest absolute Gasteiger partial charge is 0.273 e. The number of hydrogen-bond acceptors (Lipinski definition) is 7. The second kappa shape index (κ2) is 10.5. The van der Waals surface area contributed by atoms with E-state index in [0.29, 0.717) is 17.2 Å². The van der Waals surface area contributed by atoms with Crippen molar-refractivity contribution in [3.8, 4) is 28.4 Å². The molecule has 8 nitrogen and oxygen atoms in total. The molecule has 0 spiro atoms. The van der Waals surface area contributed by atoms with Gasteiger partial charge in [-0.1, -0.05) is 12.1 Å². The zero-order chi connectivity index (χ0) is 26.7. The van der Waals surface area contributed by atoms with Crippen molar-refractivity contribution in [1.82, 2.24) is 0 Å². The van der Waals surface area contributed by atoms with Crippen LogP contribution in [0, 0.1) is 17.0 Å². The third-order valence-electron chi connectivity index (χ3n) is 6.30. The van der Waals surface area contributed by atoms with Crippen LogP contribution in [0.2, 0.25) is 0 Å². The third-order valence-corrected chi connectivity index (χ3v) is 6.30. The maximum absolute atomic E-state index is 11.3. The Kier molecular flexibility index (Phi) is 7.40. The van der Waals surface area contributed by atoms with Gasteiger partial charge >= 0.3 is 0 Å². The lowest BCUT2D eigenvalue weighted by Crippen LogP contribution is -2.32. The molecule has 0 atom stereocenters. The molecule has 0 unspecified atom stereocenters. The van der Waals surface area contributed by atoms with E-state index in [1.807, 2.05) is 31.2 Å². The van der Waals surface area contributed by atoms with Crippen LogP contribution in [0.25, 0.3) is 16.7 Å². The second-order valence-corrected chi connectivity index (χ2v) is 9.60. The lowest BCUT2D eigenvalue weighted by atomic mass is 9.85. The Hall–Kier alpha value is -4.04. The maximum atomic E-state index is 11.3. The minimum atomic E-state index is -0.418. The number of nitro benzene ring substituents is 1. The Morgan fingerprint density at radius 2 is 1.70 bits per heavy atom. The van der Waals surface area contributed by atoms with E-state index >= 15 is 0 Å². The fourth-order valence-corrected chi connectivity index (χ4v) is 4.72. The zero-order valence-corrected chi connectivity index (χ0v) is 22.0. The number of nitro groups is 1. The van der Waals surface area contributed by atoms with Gasteiger partial charge in [0.25, 0.3) is 5.69 Å². The fourth-order valence-electron chi connectivity index (χ4n) is 4.72. The number of nitrogens with zero attached hydrogens (tertiary/aromatic N) is 1. The minimum absolute atomic E-state index is 0.0104. The lowest BCUT2D eigenvalue weighted by molar-refractivity contribution is -0.385. The summed E-state index contributed by atoms with van der Waals surface area (Å²) in [5.74, 6) is 1.75. The van der Waals surface area contributed by atoms with Gasteiger partial charge in [0.15, 0.2) is 6.79 Å². The quantitative estimate of drug-likeness (QED) is 0.196. The second-order valence-electron chi connectivity index (χ2n) is 9.60. The highest BCUT2D eigenvalue weighted by molar-refractivity contribution is 5.88. The van der Waals surface area contributed by atoms with Gasteiger partial charge in [0, 0.05) is 41.6 Å². The van der Waals surface area contributed by atoms with Crippen molar-refractivity contribution in [2.24, 2.45) is 0 Å². The van der Waals surface area contributed by atoms with Crippen molar-refractivity contribution in [1.29, 1.82) is 0 Å². The van der Waals surface area contributed by atoms with Gasteiger partial charge in [-0.2, -0.15) is 0 Å². The Labute approximate surface area is 217 Å². The minimum Gasteiger partial charge on any atom is -0.496 e. The first-order chi connectivity index (χ1) is 17.6. The van der Waals surface area contributed by atoms with E-state index < -0.39 is 4.92 Å². The average molecular weight is 505 g/mol. The van der Waals surface area contributed by atoms with Gasteiger partial charge in [-0.3, -0.25) is 10.1 Å². The number of nitrogens with one attached hydrogen (secondary N) is 1. The molecule has 0 aromatic heterocycles. The summed E-state index contributed by atoms with van der Waals surface area (Å²) in [7, 11) is 3.19. The van der Waals surface area contributed by atoms with Crippen molar-refractivity contribution >= 4 is 16.9 Å². The summed E-state index contributed by atoms with van der Waals surface area (Å²) in [5.41, 5.74) is 6.53. The molecule has 0 bridgehead atoms. The van der Waals surface area contributed by atoms with E-state index in [-0.39, 0.29) is 24.6 Å². The number of aryl methyl sites for hydroxylation is 1. The van der Waals surface area contributed by atoms with Crippen LogP contribution < -0.4 is 19.5 Å². The molecule has 0 radical (unpaired) electrons. The SMILES string of the molecule is COCOc1ccc(-c2ccc3c(c2COc2cc([N+](=O)[O-])ccc2C)C(C)=CC(C)(C)N3)c(OC)c1. The van der Waals surface area contributed by atoms with Crippen LogP contribution in [0.4, 0.5) is 11.4 Å². The summed E-state index contributed by atoms with van der Waals surface area (Å²) < 4.78 is 22.6. The monoisotopic (exact) mass is 504 g/mol. The van der Waals surface area contributed by atoms with Crippen LogP contribution in [0.5, 0.6) is 17.2 Å². The van der Waals surface area contributed by atoms with Crippen molar-refractivity contribution in [3.05, 3.63) is 81.4 Å². The van der Waals surface area contributed by atoms with Crippen LogP contribution >= 0.6 is 0 Å². The summed E-state index contributed by atoms with van der Waals surface area (Å²) in [6.07, 6.45) is 2.19. The van der Waals surface area contributed by atoms with E-state index in [0.717, 1.165) is 39.1 Å². The van der Waals surface area contributed by atoms with Crippen LogP contribution in [0.1, 0.15) is 37.5 Å². The van der Waals surface area contributed by atoms with Crippen LogP contribution in [-0.2, 0) is 11.3 Å². The van der Waals surface area contributed by atoms with E-state index in [9.17, 15) is 10.1 Å². The van der Waals surface area contributed by atoms with Crippen molar-refractivity contribution in [3.63, 3.8) is 0 Å². The summed E-state index contributed by atoms with van der Waals surface area (Å²) >= 11 is 0. The highest BCUT2D eigenvalue weighted by atomic mass is 16.7. The number of benzene rings is 3. The third kappa shape index (κ3) is 5.54.